The van der Waals surface area contributed by atoms with Crippen molar-refractivity contribution in [3.63, 3.8) is 0 Å². The van der Waals surface area contributed by atoms with E-state index in [1.54, 1.807) is 18.2 Å². The lowest BCUT2D eigenvalue weighted by Crippen LogP contribution is -2.00. The van der Waals surface area contributed by atoms with Crippen LogP contribution in [0.15, 0.2) is 77.2 Å². The Morgan fingerprint density at radius 1 is 0.923 bits per heavy atom. The molecule has 0 saturated carbocycles. The zero-order valence-corrected chi connectivity index (χ0v) is 14.0. The average molecular weight is 346 g/mol. The summed E-state index contributed by atoms with van der Waals surface area (Å²) in [5.41, 5.74) is 3.17. The molecule has 0 radical (unpaired) electrons. The van der Waals surface area contributed by atoms with E-state index in [2.05, 4.69) is 0 Å². The number of methoxy groups -OCH3 is 1. The molecule has 26 heavy (non-hydrogen) atoms. The van der Waals surface area contributed by atoms with Crippen LogP contribution in [0.3, 0.4) is 0 Å². The first-order chi connectivity index (χ1) is 12.7. The van der Waals surface area contributed by atoms with Crippen LogP contribution in [-0.4, -0.2) is 13.1 Å². The van der Waals surface area contributed by atoms with Gasteiger partial charge in [0.15, 0.2) is 0 Å². The van der Waals surface area contributed by atoms with Gasteiger partial charge in [-0.3, -0.25) is 0 Å². The van der Waals surface area contributed by atoms with E-state index in [9.17, 15) is 9.18 Å². The third kappa shape index (κ3) is 2.86. The molecule has 0 bridgehead atoms. The Bertz CT molecular complexity index is 1100. The number of hydrogen-bond donors (Lipinski definition) is 0. The lowest BCUT2D eigenvalue weighted by atomic mass is 10.0. The first kappa shape index (κ1) is 16.1. The number of rotatable bonds is 3. The largest absolute Gasteiger partial charge is 0.465 e. The predicted molar refractivity (Wildman–Crippen MR) is 98.4 cm³/mol. The van der Waals surface area contributed by atoms with Crippen molar-refractivity contribution in [3.05, 3.63) is 84.2 Å². The number of ether oxygens (including phenoxy) is 1. The number of benzene rings is 3. The second-order valence-electron chi connectivity index (χ2n) is 5.92. The average Bonchev–Trinajstić information content (AvgIpc) is 3.11. The van der Waals surface area contributed by atoms with Crippen LogP contribution >= 0.6 is 0 Å². The van der Waals surface area contributed by atoms with Gasteiger partial charge in [0.25, 0.3) is 0 Å². The van der Waals surface area contributed by atoms with Gasteiger partial charge < -0.3 is 9.15 Å². The van der Waals surface area contributed by atoms with Crippen molar-refractivity contribution >= 4 is 16.9 Å². The van der Waals surface area contributed by atoms with Crippen LogP contribution < -0.4 is 0 Å². The van der Waals surface area contributed by atoms with Crippen molar-refractivity contribution in [3.8, 4) is 22.5 Å². The van der Waals surface area contributed by atoms with Gasteiger partial charge in [0.1, 0.15) is 17.2 Å². The van der Waals surface area contributed by atoms with E-state index >= 15 is 0 Å². The van der Waals surface area contributed by atoms with Crippen LogP contribution in [0.25, 0.3) is 33.4 Å². The Morgan fingerprint density at radius 3 is 2.46 bits per heavy atom. The molecule has 0 aliphatic heterocycles. The van der Waals surface area contributed by atoms with E-state index in [0.29, 0.717) is 33.4 Å². The third-order valence-electron chi connectivity index (χ3n) is 4.23. The molecule has 0 unspecified atom stereocenters. The van der Waals surface area contributed by atoms with Gasteiger partial charge >= 0.3 is 5.97 Å². The zero-order valence-electron chi connectivity index (χ0n) is 14.0. The summed E-state index contributed by atoms with van der Waals surface area (Å²) < 4.78 is 25.0. The highest BCUT2D eigenvalue weighted by Crippen LogP contribution is 2.35. The fourth-order valence-electron chi connectivity index (χ4n) is 3.01. The highest BCUT2D eigenvalue weighted by molar-refractivity contribution is 5.97. The normalized spacial score (nSPS) is 10.8. The number of furan rings is 1. The van der Waals surface area contributed by atoms with Crippen LogP contribution in [0.1, 0.15) is 10.4 Å². The Labute approximate surface area is 149 Å². The lowest BCUT2D eigenvalue weighted by molar-refractivity contribution is 0.0601. The second-order valence-corrected chi connectivity index (χ2v) is 5.92. The minimum atomic E-state index is -0.441. The van der Waals surface area contributed by atoms with Crippen molar-refractivity contribution in [2.75, 3.05) is 7.11 Å². The maximum absolute atomic E-state index is 14.2. The molecule has 3 aromatic carbocycles. The van der Waals surface area contributed by atoms with Crippen LogP contribution in [0.4, 0.5) is 4.39 Å². The number of carbonyl (C=O) groups excluding carboxylic acids is 1. The molecular formula is C22H15FO3. The Morgan fingerprint density at radius 2 is 1.69 bits per heavy atom. The molecule has 0 aliphatic carbocycles. The van der Waals surface area contributed by atoms with Crippen molar-refractivity contribution in [1.82, 2.24) is 0 Å². The number of fused-ring (bicyclic) bond motifs is 1. The SMILES string of the molecule is COC(=O)c1cccc(-c2cc(F)cc3cc(-c4ccccc4)oc23)c1. The van der Waals surface area contributed by atoms with Gasteiger partial charge in [-0.15, -0.1) is 0 Å². The summed E-state index contributed by atoms with van der Waals surface area (Å²) in [7, 11) is 1.33. The molecule has 4 heteroatoms. The Kier molecular flexibility index (Phi) is 4.01. The van der Waals surface area contributed by atoms with E-state index in [4.69, 9.17) is 9.15 Å². The van der Waals surface area contributed by atoms with Crippen molar-refractivity contribution in [1.29, 1.82) is 0 Å². The molecule has 0 saturated heterocycles. The fraction of sp³-hybridized carbons (Fsp3) is 0.0455. The monoisotopic (exact) mass is 346 g/mol. The zero-order chi connectivity index (χ0) is 18.1. The molecule has 1 aromatic heterocycles. The molecule has 4 aromatic rings. The van der Waals surface area contributed by atoms with E-state index in [0.717, 1.165) is 5.56 Å². The van der Waals surface area contributed by atoms with Crippen LogP contribution in [-0.2, 0) is 4.74 Å². The van der Waals surface area contributed by atoms with Crippen molar-refractivity contribution < 1.29 is 18.3 Å². The van der Waals surface area contributed by atoms with Crippen LogP contribution in [0.2, 0.25) is 0 Å². The summed E-state index contributed by atoms with van der Waals surface area (Å²) >= 11 is 0. The summed E-state index contributed by atoms with van der Waals surface area (Å²) in [6.07, 6.45) is 0. The summed E-state index contributed by atoms with van der Waals surface area (Å²) in [5, 5.41) is 0.669. The summed E-state index contributed by atoms with van der Waals surface area (Å²) in [4.78, 5) is 11.8. The van der Waals surface area contributed by atoms with Gasteiger partial charge in [-0.05, 0) is 35.9 Å². The molecule has 3 nitrogen and oxygen atoms in total. The second kappa shape index (κ2) is 6.48. The molecule has 4 rings (SSSR count). The van der Waals surface area contributed by atoms with Gasteiger partial charge in [0.2, 0.25) is 0 Å². The van der Waals surface area contributed by atoms with E-state index in [1.165, 1.54) is 19.2 Å². The first-order valence-electron chi connectivity index (χ1n) is 8.13. The topological polar surface area (TPSA) is 39.4 Å². The predicted octanol–water partition coefficient (Wildman–Crippen LogP) is 5.69. The summed E-state index contributed by atoms with van der Waals surface area (Å²) in [6.45, 7) is 0. The molecule has 0 N–H and O–H groups in total. The van der Waals surface area contributed by atoms with Crippen molar-refractivity contribution in [2.45, 2.75) is 0 Å². The van der Waals surface area contributed by atoms with Crippen LogP contribution in [0, 0.1) is 5.82 Å². The molecular weight excluding hydrogens is 331 g/mol. The highest BCUT2D eigenvalue weighted by atomic mass is 19.1. The van der Waals surface area contributed by atoms with Gasteiger partial charge in [0.05, 0.1) is 12.7 Å². The Balaban J connectivity index is 1.90. The summed E-state index contributed by atoms with van der Waals surface area (Å²) in [5.74, 6) is -0.142. The highest BCUT2D eigenvalue weighted by Gasteiger charge is 2.15. The molecule has 0 aliphatic rings. The molecule has 0 spiro atoms. The van der Waals surface area contributed by atoms with E-state index < -0.39 is 5.97 Å². The van der Waals surface area contributed by atoms with Crippen molar-refractivity contribution in [2.24, 2.45) is 0 Å². The van der Waals surface area contributed by atoms with Gasteiger partial charge in [-0.25, -0.2) is 9.18 Å². The molecule has 0 amide bonds. The smallest absolute Gasteiger partial charge is 0.337 e. The molecule has 1 heterocycles. The number of esters is 1. The maximum Gasteiger partial charge on any atom is 0.337 e. The van der Waals surface area contributed by atoms with Gasteiger partial charge in [0, 0.05) is 16.5 Å². The first-order valence-corrected chi connectivity index (χ1v) is 8.13. The van der Waals surface area contributed by atoms with E-state index in [-0.39, 0.29) is 5.82 Å². The lowest BCUT2D eigenvalue weighted by Gasteiger charge is -2.06. The van der Waals surface area contributed by atoms with Gasteiger partial charge in [-0.1, -0.05) is 42.5 Å². The minimum Gasteiger partial charge on any atom is -0.465 e. The number of carbonyl (C=O) groups is 1. The number of halogens is 1. The fourth-order valence-corrected chi connectivity index (χ4v) is 3.01. The maximum atomic E-state index is 14.2. The summed E-state index contributed by atoms with van der Waals surface area (Å²) in [6, 6.07) is 21.2. The Hall–Kier alpha value is -3.40. The molecule has 0 fully saturated rings. The number of hydrogen-bond acceptors (Lipinski definition) is 3. The minimum absolute atomic E-state index is 0.364. The van der Waals surface area contributed by atoms with Gasteiger partial charge in [-0.2, -0.15) is 0 Å². The molecule has 128 valence electrons. The standard InChI is InChI=1S/C22H15FO3/c1-25-22(24)16-9-5-8-15(10-16)19-13-18(23)11-17-12-20(26-21(17)19)14-6-3-2-4-7-14/h2-13H,1H3. The third-order valence-corrected chi connectivity index (χ3v) is 4.23. The van der Waals surface area contributed by atoms with Crippen LogP contribution in [0.5, 0.6) is 0 Å². The molecule has 0 atom stereocenters. The van der Waals surface area contributed by atoms with E-state index in [1.807, 2.05) is 42.5 Å². The quantitative estimate of drug-likeness (QED) is 0.447.